The molecule has 7 heteroatoms. The number of aliphatic hydroxyl groups is 1. The first-order chi connectivity index (χ1) is 9.50. The van der Waals surface area contributed by atoms with Crippen LogP contribution in [0.3, 0.4) is 0 Å². The Morgan fingerprint density at radius 3 is 2.60 bits per heavy atom. The van der Waals surface area contributed by atoms with Crippen LogP contribution in [0.25, 0.3) is 0 Å². The lowest BCUT2D eigenvalue weighted by Crippen LogP contribution is -2.38. The van der Waals surface area contributed by atoms with Gasteiger partial charge in [-0.2, -0.15) is 13.2 Å². The number of aliphatic hydroxyl groups excluding tert-OH is 1. The maximum absolute atomic E-state index is 12.6. The molecule has 1 fully saturated rings. The monoisotopic (exact) mass is 290 g/mol. The van der Waals surface area contributed by atoms with E-state index in [1.165, 1.54) is 6.07 Å². The number of nitrogens with zero attached hydrogens (tertiary/aromatic N) is 2. The summed E-state index contributed by atoms with van der Waals surface area (Å²) in [6.45, 7) is 1.48. The van der Waals surface area contributed by atoms with Crippen molar-refractivity contribution in [1.29, 1.82) is 0 Å². The zero-order chi connectivity index (χ0) is 14.6. The third-order valence-electron chi connectivity index (χ3n) is 3.24. The number of anilines is 1. The van der Waals surface area contributed by atoms with E-state index in [0.29, 0.717) is 25.5 Å². The van der Waals surface area contributed by atoms with Crippen molar-refractivity contribution in [3.8, 4) is 0 Å². The first-order valence-electron chi connectivity index (χ1n) is 6.52. The predicted molar refractivity (Wildman–Crippen MR) is 67.5 cm³/mol. The number of halogens is 3. The highest BCUT2D eigenvalue weighted by atomic mass is 19.4. The van der Waals surface area contributed by atoms with Gasteiger partial charge in [-0.3, -0.25) is 0 Å². The maximum Gasteiger partial charge on any atom is 0.433 e. The second-order valence-electron chi connectivity index (χ2n) is 4.66. The number of pyridine rings is 1. The number of hydrogen-bond acceptors (Lipinski definition) is 4. The van der Waals surface area contributed by atoms with Gasteiger partial charge in [-0.05, 0) is 25.0 Å². The summed E-state index contributed by atoms with van der Waals surface area (Å²) in [7, 11) is 0. The quantitative estimate of drug-likeness (QED) is 0.922. The molecule has 4 nitrogen and oxygen atoms in total. The Labute approximate surface area is 115 Å². The second kappa shape index (κ2) is 6.41. The molecule has 20 heavy (non-hydrogen) atoms. The molecule has 2 rings (SSSR count). The topological polar surface area (TPSA) is 45.6 Å². The molecule has 1 N–H and O–H groups in total. The molecule has 0 amide bonds. The van der Waals surface area contributed by atoms with Crippen molar-refractivity contribution in [3.05, 3.63) is 23.9 Å². The number of hydrogen-bond donors (Lipinski definition) is 1. The Balaban J connectivity index is 1.97. The molecule has 0 spiro atoms. The molecule has 2 heterocycles. The van der Waals surface area contributed by atoms with Crippen molar-refractivity contribution in [1.82, 2.24) is 4.98 Å². The fourth-order valence-corrected chi connectivity index (χ4v) is 2.23. The van der Waals surface area contributed by atoms with Crippen LogP contribution in [0.4, 0.5) is 19.0 Å². The average Bonchev–Trinajstić information content (AvgIpc) is 2.45. The molecule has 0 bridgehead atoms. The molecule has 0 radical (unpaired) electrons. The summed E-state index contributed by atoms with van der Waals surface area (Å²) >= 11 is 0. The van der Waals surface area contributed by atoms with Crippen LogP contribution in [0.15, 0.2) is 18.2 Å². The third-order valence-corrected chi connectivity index (χ3v) is 3.24. The van der Waals surface area contributed by atoms with Crippen LogP contribution in [-0.4, -0.2) is 42.5 Å². The van der Waals surface area contributed by atoms with Crippen LogP contribution >= 0.6 is 0 Å². The first-order valence-corrected chi connectivity index (χ1v) is 6.52. The summed E-state index contributed by atoms with van der Waals surface area (Å²) in [5.74, 6) is 0.348. The zero-order valence-electron chi connectivity index (χ0n) is 10.9. The lowest BCUT2D eigenvalue weighted by atomic mass is 10.1. The van der Waals surface area contributed by atoms with Gasteiger partial charge in [0.2, 0.25) is 0 Å². The predicted octanol–water partition coefficient (Wildman–Crippen LogP) is 2.08. The first kappa shape index (κ1) is 15.1. The van der Waals surface area contributed by atoms with Crippen molar-refractivity contribution in [2.24, 2.45) is 0 Å². The number of piperidine rings is 1. The minimum Gasteiger partial charge on any atom is -0.394 e. The van der Waals surface area contributed by atoms with Crippen LogP contribution in [0.1, 0.15) is 18.5 Å². The average molecular weight is 290 g/mol. The van der Waals surface area contributed by atoms with E-state index in [9.17, 15) is 13.2 Å². The van der Waals surface area contributed by atoms with Gasteiger partial charge in [0, 0.05) is 13.1 Å². The minimum atomic E-state index is -4.42. The highest BCUT2D eigenvalue weighted by molar-refractivity contribution is 5.40. The number of rotatable bonds is 4. The Morgan fingerprint density at radius 1 is 1.30 bits per heavy atom. The Bertz CT molecular complexity index is 432. The van der Waals surface area contributed by atoms with Gasteiger partial charge < -0.3 is 14.7 Å². The van der Waals surface area contributed by atoms with Crippen molar-refractivity contribution < 1.29 is 23.0 Å². The van der Waals surface area contributed by atoms with Crippen molar-refractivity contribution in [2.75, 3.05) is 31.2 Å². The number of aromatic nitrogens is 1. The van der Waals surface area contributed by atoms with Crippen molar-refractivity contribution in [2.45, 2.75) is 25.1 Å². The molecule has 0 unspecified atom stereocenters. The third kappa shape index (κ3) is 3.83. The van der Waals surface area contributed by atoms with E-state index in [0.717, 1.165) is 18.9 Å². The van der Waals surface area contributed by atoms with Crippen LogP contribution in [0.2, 0.25) is 0 Å². The van der Waals surface area contributed by atoms with Gasteiger partial charge in [0.05, 0.1) is 19.3 Å². The van der Waals surface area contributed by atoms with Crippen LogP contribution in [0, 0.1) is 0 Å². The SMILES string of the molecule is OCCOC1CCN(c2cccc(C(F)(F)F)n2)CC1. The standard InChI is InChI=1S/C13H17F3N2O2/c14-13(15,16)11-2-1-3-12(17-11)18-6-4-10(5-7-18)20-9-8-19/h1-3,10,19H,4-9H2. The fraction of sp³-hybridized carbons (Fsp3) is 0.615. The van der Waals surface area contributed by atoms with Gasteiger partial charge in [0.25, 0.3) is 0 Å². The molecule has 1 aliphatic heterocycles. The number of ether oxygens (including phenoxy) is 1. The van der Waals surface area contributed by atoms with E-state index in [2.05, 4.69) is 4.98 Å². The van der Waals surface area contributed by atoms with Gasteiger partial charge in [0.1, 0.15) is 11.5 Å². The second-order valence-corrected chi connectivity index (χ2v) is 4.66. The molecule has 112 valence electrons. The normalized spacial score (nSPS) is 17.5. The molecule has 1 aromatic rings. The van der Waals surface area contributed by atoms with E-state index in [1.54, 1.807) is 6.07 Å². The van der Waals surface area contributed by atoms with Gasteiger partial charge in [-0.25, -0.2) is 4.98 Å². The van der Waals surface area contributed by atoms with E-state index in [4.69, 9.17) is 9.84 Å². The summed E-state index contributed by atoms with van der Waals surface area (Å²) in [6.07, 6.45) is -2.92. The molecular weight excluding hydrogens is 273 g/mol. The van der Waals surface area contributed by atoms with E-state index < -0.39 is 11.9 Å². The van der Waals surface area contributed by atoms with Gasteiger partial charge >= 0.3 is 6.18 Å². The summed E-state index contributed by atoms with van der Waals surface area (Å²) in [5, 5.41) is 8.68. The van der Waals surface area contributed by atoms with Crippen LogP contribution < -0.4 is 4.90 Å². The molecule has 1 saturated heterocycles. The smallest absolute Gasteiger partial charge is 0.394 e. The molecular formula is C13H17F3N2O2. The summed E-state index contributed by atoms with van der Waals surface area (Å²) in [5.41, 5.74) is -0.867. The van der Waals surface area contributed by atoms with Crippen molar-refractivity contribution in [3.63, 3.8) is 0 Å². The summed E-state index contributed by atoms with van der Waals surface area (Å²) in [4.78, 5) is 5.50. The maximum atomic E-state index is 12.6. The summed E-state index contributed by atoms with van der Waals surface area (Å²) in [6, 6.07) is 3.93. The highest BCUT2D eigenvalue weighted by Crippen LogP contribution is 2.29. The molecule has 1 aliphatic rings. The summed E-state index contributed by atoms with van der Waals surface area (Å²) < 4.78 is 43.3. The van der Waals surface area contributed by atoms with E-state index in [1.807, 2.05) is 4.90 Å². The largest absolute Gasteiger partial charge is 0.433 e. The lowest BCUT2D eigenvalue weighted by Gasteiger charge is -2.32. The lowest BCUT2D eigenvalue weighted by molar-refractivity contribution is -0.141. The van der Waals surface area contributed by atoms with Gasteiger partial charge in [-0.15, -0.1) is 0 Å². The molecule has 0 aromatic carbocycles. The molecule has 0 atom stereocenters. The van der Waals surface area contributed by atoms with E-state index >= 15 is 0 Å². The van der Waals surface area contributed by atoms with Gasteiger partial charge in [-0.1, -0.05) is 6.07 Å². The highest BCUT2D eigenvalue weighted by Gasteiger charge is 2.33. The molecule has 0 aliphatic carbocycles. The van der Waals surface area contributed by atoms with E-state index in [-0.39, 0.29) is 12.7 Å². The van der Waals surface area contributed by atoms with Gasteiger partial charge in [0.15, 0.2) is 0 Å². The zero-order valence-corrected chi connectivity index (χ0v) is 10.9. The fourth-order valence-electron chi connectivity index (χ4n) is 2.23. The minimum absolute atomic E-state index is 0.0185. The van der Waals surface area contributed by atoms with Crippen LogP contribution in [0.5, 0.6) is 0 Å². The number of alkyl halides is 3. The molecule has 1 aromatic heterocycles. The molecule has 0 saturated carbocycles. The Morgan fingerprint density at radius 2 is 2.00 bits per heavy atom. The Hall–Kier alpha value is -1.34. The van der Waals surface area contributed by atoms with Crippen LogP contribution in [-0.2, 0) is 10.9 Å². The van der Waals surface area contributed by atoms with Crippen molar-refractivity contribution >= 4 is 5.82 Å². The Kier molecular flexibility index (Phi) is 4.82.